The normalized spacial score (nSPS) is 13.9. The Hall–Kier alpha value is -2.29. The molecule has 1 fully saturated rings. The maximum atomic E-state index is 12.0. The molecular weight excluding hydrogens is 523 g/mol. The topological polar surface area (TPSA) is 85.1 Å². The van der Waals surface area contributed by atoms with Crippen LogP contribution in [-0.4, -0.2) is 52.7 Å². The molecule has 9 heteroatoms. The number of aromatic nitrogens is 1. The number of amides is 1. The van der Waals surface area contributed by atoms with E-state index >= 15 is 0 Å². The number of piperazine rings is 1. The first-order valence-corrected chi connectivity index (χ1v) is 11.1. The van der Waals surface area contributed by atoms with Gasteiger partial charge in [-0.2, -0.15) is 7.11 Å². The Morgan fingerprint density at radius 1 is 1.20 bits per heavy atom. The van der Waals surface area contributed by atoms with Crippen molar-refractivity contribution in [2.45, 2.75) is 39.8 Å². The number of rotatable bonds is 3. The molecule has 8 nitrogen and oxygen atoms in total. The van der Waals surface area contributed by atoms with Crippen molar-refractivity contribution >= 4 is 17.0 Å². The van der Waals surface area contributed by atoms with Crippen molar-refractivity contribution in [1.82, 2.24) is 14.8 Å². The summed E-state index contributed by atoms with van der Waals surface area (Å²) in [7, 11) is 3.19. The molecule has 1 aliphatic rings. The largest absolute Gasteiger partial charge is 0.661 e. The van der Waals surface area contributed by atoms with Gasteiger partial charge in [-0.1, -0.05) is 17.8 Å². The molecule has 1 saturated heterocycles. The van der Waals surface area contributed by atoms with E-state index in [1.165, 1.54) is 17.9 Å². The van der Waals surface area contributed by atoms with Gasteiger partial charge < -0.3 is 23.8 Å². The minimum absolute atomic E-state index is 0. The van der Waals surface area contributed by atoms with E-state index in [4.69, 9.17) is 9.15 Å². The summed E-state index contributed by atoms with van der Waals surface area (Å²) in [5, 5.41) is 1.08. The zero-order chi connectivity index (χ0) is 24.7. The summed E-state index contributed by atoms with van der Waals surface area (Å²) in [6, 6.07) is 12.5. The zero-order valence-electron chi connectivity index (χ0n) is 20.7. The van der Waals surface area contributed by atoms with E-state index in [9.17, 15) is 9.59 Å². The molecule has 1 aromatic carbocycles. The van der Waals surface area contributed by atoms with Crippen LogP contribution < -0.4 is 10.2 Å². The van der Waals surface area contributed by atoms with Crippen LogP contribution in [0.15, 0.2) is 52.0 Å². The second kappa shape index (κ2) is 13.1. The second-order valence-corrected chi connectivity index (χ2v) is 9.07. The smallest absolute Gasteiger partial charge is 0.410 e. The fourth-order valence-electron chi connectivity index (χ4n) is 3.38. The van der Waals surface area contributed by atoms with E-state index in [0.717, 1.165) is 10.9 Å². The van der Waals surface area contributed by atoms with Gasteiger partial charge in [-0.3, -0.25) is 9.69 Å². The Morgan fingerprint density at radius 3 is 2.54 bits per heavy atom. The van der Waals surface area contributed by atoms with Crippen molar-refractivity contribution in [3.05, 3.63) is 77.5 Å². The SMILES string of the molecule is Cc1ccc2[c-]ccnc2c1.[CH2-]Oc1coc(CN2CCN(C(=O)OC(C)(C)C)CC2)cc1=O.[Y]. The molecule has 0 atom stereocenters. The molecule has 1 amide bonds. The monoisotopic (exact) mass is 554 g/mol. The van der Waals surface area contributed by atoms with Crippen molar-refractivity contribution in [2.75, 3.05) is 26.2 Å². The van der Waals surface area contributed by atoms with Crippen LogP contribution in [0.2, 0.25) is 0 Å². The third-order valence-corrected chi connectivity index (χ3v) is 5.09. The number of carbonyl (C=O) groups excluding carboxylic acids is 1. The third kappa shape index (κ3) is 9.02. The standard InChI is InChI=1S/C16H23N2O5.C10H8N.Y/c1-16(2,3)23-15(20)18-7-5-17(6-8-18)10-12-9-13(19)14(21-4)11-22-12;1-8-4-5-9-3-2-6-11-10(9)7-8;/h9,11H,4-8,10H2,1-3H3;2,4-7H,1H3;/q2*-1;. The Kier molecular flexibility index (Phi) is 10.9. The van der Waals surface area contributed by atoms with E-state index in [1.54, 1.807) is 11.1 Å². The first-order chi connectivity index (χ1) is 16.1. The summed E-state index contributed by atoms with van der Waals surface area (Å²) < 4.78 is 15.4. The van der Waals surface area contributed by atoms with Gasteiger partial charge in [0.05, 0.1) is 6.54 Å². The predicted molar refractivity (Wildman–Crippen MR) is 129 cm³/mol. The van der Waals surface area contributed by atoms with Gasteiger partial charge in [-0.15, -0.1) is 29.7 Å². The third-order valence-electron chi connectivity index (χ3n) is 5.09. The predicted octanol–water partition coefficient (Wildman–Crippen LogP) is 4.20. The van der Waals surface area contributed by atoms with E-state index in [-0.39, 0.29) is 50.0 Å². The quantitative estimate of drug-likeness (QED) is 0.449. The van der Waals surface area contributed by atoms with Crippen LogP contribution in [0.3, 0.4) is 0 Å². The van der Waals surface area contributed by atoms with Crippen molar-refractivity contribution in [2.24, 2.45) is 0 Å². The Labute approximate surface area is 231 Å². The van der Waals surface area contributed by atoms with Crippen LogP contribution in [0, 0.1) is 20.1 Å². The van der Waals surface area contributed by atoms with Crippen LogP contribution in [0.4, 0.5) is 4.79 Å². The van der Waals surface area contributed by atoms with Gasteiger partial charge in [0.1, 0.15) is 17.6 Å². The van der Waals surface area contributed by atoms with Crippen molar-refractivity contribution < 1.29 is 51.4 Å². The second-order valence-electron chi connectivity index (χ2n) is 9.07. The fraction of sp³-hybridized carbons (Fsp3) is 0.385. The molecule has 4 rings (SSSR count). The van der Waals surface area contributed by atoms with Gasteiger partial charge in [0.2, 0.25) is 5.43 Å². The van der Waals surface area contributed by atoms with E-state index in [2.05, 4.69) is 46.9 Å². The molecule has 0 bridgehead atoms. The minimum atomic E-state index is -0.490. The van der Waals surface area contributed by atoms with Crippen LogP contribution in [0.5, 0.6) is 5.75 Å². The molecule has 0 unspecified atom stereocenters. The Balaban J connectivity index is 0.000000300. The number of pyridine rings is 1. The molecule has 1 aliphatic heterocycles. The molecular formula is C26H31N3O5Y-2. The minimum Gasteiger partial charge on any atom is -0.661 e. The number of nitrogens with zero attached hydrogens (tertiary/aromatic N) is 3. The molecule has 0 aliphatic carbocycles. The summed E-state index contributed by atoms with van der Waals surface area (Å²) in [6.07, 6.45) is 2.74. The average Bonchev–Trinajstić information content (AvgIpc) is 2.79. The molecule has 0 spiro atoms. The van der Waals surface area contributed by atoms with Gasteiger partial charge in [-0.05, 0) is 33.2 Å². The first-order valence-electron chi connectivity index (χ1n) is 11.1. The van der Waals surface area contributed by atoms with E-state index < -0.39 is 5.60 Å². The average molecular weight is 554 g/mol. The number of benzene rings is 1. The summed E-state index contributed by atoms with van der Waals surface area (Å²) in [4.78, 5) is 31.7. The molecule has 0 N–H and O–H groups in total. The van der Waals surface area contributed by atoms with Crippen molar-refractivity contribution in [3.63, 3.8) is 0 Å². The van der Waals surface area contributed by atoms with Crippen LogP contribution >= 0.6 is 0 Å². The van der Waals surface area contributed by atoms with Crippen LogP contribution in [-0.2, 0) is 44.0 Å². The molecule has 3 aromatic rings. The summed E-state index contributed by atoms with van der Waals surface area (Å²) >= 11 is 0. The summed E-state index contributed by atoms with van der Waals surface area (Å²) in [5.41, 5.74) is 1.51. The van der Waals surface area contributed by atoms with Gasteiger partial charge in [0.25, 0.3) is 0 Å². The summed E-state index contributed by atoms with van der Waals surface area (Å²) in [6.45, 7) is 10.7. The van der Waals surface area contributed by atoms with Gasteiger partial charge in [0, 0.05) is 65.0 Å². The Bertz CT molecular complexity index is 1170. The number of hydrogen-bond donors (Lipinski definition) is 0. The number of aryl methyl sites for hydroxylation is 1. The summed E-state index contributed by atoms with van der Waals surface area (Å²) in [5.74, 6) is 0.644. The number of hydrogen-bond acceptors (Lipinski definition) is 7. The zero-order valence-corrected chi connectivity index (χ0v) is 23.6. The van der Waals surface area contributed by atoms with Gasteiger partial charge in [0.15, 0.2) is 5.75 Å². The van der Waals surface area contributed by atoms with Gasteiger partial charge >= 0.3 is 6.09 Å². The molecule has 185 valence electrons. The molecule has 1 radical (unpaired) electrons. The number of fused-ring (bicyclic) bond motifs is 1. The van der Waals surface area contributed by atoms with E-state index in [0.29, 0.717) is 38.5 Å². The Morgan fingerprint density at radius 2 is 1.91 bits per heavy atom. The van der Waals surface area contributed by atoms with Gasteiger partial charge in [-0.25, -0.2) is 4.79 Å². The fourth-order valence-corrected chi connectivity index (χ4v) is 3.38. The van der Waals surface area contributed by atoms with Crippen molar-refractivity contribution in [3.8, 4) is 5.75 Å². The first kappa shape index (κ1) is 28.9. The van der Waals surface area contributed by atoms with Crippen molar-refractivity contribution in [1.29, 1.82) is 0 Å². The maximum absolute atomic E-state index is 12.0. The molecule has 3 heterocycles. The van der Waals surface area contributed by atoms with Crippen LogP contribution in [0.25, 0.3) is 10.9 Å². The molecule has 0 saturated carbocycles. The van der Waals surface area contributed by atoms with Crippen LogP contribution in [0.1, 0.15) is 32.1 Å². The maximum Gasteiger partial charge on any atom is 0.410 e. The molecule has 35 heavy (non-hydrogen) atoms. The van der Waals surface area contributed by atoms with E-state index in [1.807, 2.05) is 32.9 Å². The number of ether oxygens (including phenoxy) is 2. The number of carbonyl (C=O) groups is 1. The molecule has 2 aromatic heterocycles.